The SMILES string of the molecule is C[C@@H](O)CCNCc1ccco1. The second kappa shape index (κ2) is 4.95. The molecule has 0 unspecified atom stereocenters. The van der Waals surface area contributed by atoms with Crippen molar-refractivity contribution in [3.8, 4) is 0 Å². The van der Waals surface area contributed by atoms with Crippen LogP contribution in [0.3, 0.4) is 0 Å². The van der Waals surface area contributed by atoms with E-state index in [4.69, 9.17) is 9.52 Å². The standard InChI is InChI=1S/C9H15NO2/c1-8(11)4-5-10-7-9-3-2-6-12-9/h2-3,6,8,10-11H,4-5,7H2,1H3/t8-/m1/s1. The largest absolute Gasteiger partial charge is 0.468 e. The molecule has 0 aromatic carbocycles. The number of hydrogen-bond acceptors (Lipinski definition) is 3. The van der Waals surface area contributed by atoms with E-state index in [1.807, 2.05) is 12.1 Å². The number of aliphatic hydroxyl groups excluding tert-OH is 1. The van der Waals surface area contributed by atoms with E-state index < -0.39 is 0 Å². The van der Waals surface area contributed by atoms with Crippen molar-refractivity contribution in [1.29, 1.82) is 0 Å². The lowest BCUT2D eigenvalue weighted by Crippen LogP contribution is -2.18. The monoisotopic (exact) mass is 169 g/mol. The van der Waals surface area contributed by atoms with Crippen molar-refractivity contribution in [3.05, 3.63) is 24.2 Å². The molecule has 1 atom stereocenters. The molecule has 0 bridgehead atoms. The van der Waals surface area contributed by atoms with Gasteiger partial charge in [-0.15, -0.1) is 0 Å². The quantitative estimate of drug-likeness (QED) is 0.650. The minimum Gasteiger partial charge on any atom is -0.468 e. The number of furan rings is 1. The van der Waals surface area contributed by atoms with Gasteiger partial charge in [-0.1, -0.05) is 0 Å². The van der Waals surface area contributed by atoms with Crippen LogP contribution in [0.1, 0.15) is 19.1 Å². The van der Waals surface area contributed by atoms with Gasteiger partial charge in [0, 0.05) is 0 Å². The van der Waals surface area contributed by atoms with Gasteiger partial charge in [0.15, 0.2) is 0 Å². The zero-order valence-electron chi connectivity index (χ0n) is 7.29. The maximum atomic E-state index is 8.95. The van der Waals surface area contributed by atoms with Gasteiger partial charge in [0.1, 0.15) is 5.76 Å². The van der Waals surface area contributed by atoms with Crippen molar-refractivity contribution in [2.45, 2.75) is 26.0 Å². The topological polar surface area (TPSA) is 45.4 Å². The van der Waals surface area contributed by atoms with Crippen LogP contribution < -0.4 is 5.32 Å². The van der Waals surface area contributed by atoms with Crippen LogP contribution in [0.15, 0.2) is 22.8 Å². The summed E-state index contributed by atoms with van der Waals surface area (Å²) >= 11 is 0. The Morgan fingerprint density at radius 1 is 1.67 bits per heavy atom. The summed E-state index contributed by atoms with van der Waals surface area (Å²) in [6, 6.07) is 3.79. The Labute approximate surface area is 72.4 Å². The van der Waals surface area contributed by atoms with Crippen molar-refractivity contribution >= 4 is 0 Å². The summed E-state index contributed by atoms with van der Waals surface area (Å²) in [4.78, 5) is 0. The van der Waals surface area contributed by atoms with E-state index >= 15 is 0 Å². The second-order valence-corrected chi connectivity index (χ2v) is 2.89. The molecule has 3 heteroatoms. The maximum absolute atomic E-state index is 8.95. The van der Waals surface area contributed by atoms with Gasteiger partial charge >= 0.3 is 0 Å². The van der Waals surface area contributed by atoms with Crippen molar-refractivity contribution in [1.82, 2.24) is 5.32 Å². The zero-order chi connectivity index (χ0) is 8.81. The van der Waals surface area contributed by atoms with E-state index in [2.05, 4.69) is 5.32 Å². The predicted molar refractivity (Wildman–Crippen MR) is 46.7 cm³/mol. The normalized spacial score (nSPS) is 13.2. The summed E-state index contributed by atoms with van der Waals surface area (Å²) < 4.78 is 5.12. The van der Waals surface area contributed by atoms with Gasteiger partial charge in [0.25, 0.3) is 0 Å². The first-order valence-electron chi connectivity index (χ1n) is 4.20. The Bertz CT molecular complexity index is 194. The van der Waals surface area contributed by atoms with Crippen LogP contribution in [0.25, 0.3) is 0 Å². The van der Waals surface area contributed by atoms with E-state index in [0.717, 1.165) is 25.3 Å². The second-order valence-electron chi connectivity index (χ2n) is 2.89. The van der Waals surface area contributed by atoms with Gasteiger partial charge in [-0.2, -0.15) is 0 Å². The van der Waals surface area contributed by atoms with E-state index in [-0.39, 0.29) is 6.10 Å². The Hall–Kier alpha value is -0.800. The highest BCUT2D eigenvalue weighted by molar-refractivity contribution is 4.97. The number of rotatable bonds is 5. The van der Waals surface area contributed by atoms with Gasteiger partial charge in [-0.05, 0) is 32.0 Å². The van der Waals surface area contributed by atoms with Crippen molar-refractivity contribution in [2.75, 3.05) is 6.54 Å². The minimum atomic E-state index is -0.228. The first-order chi connectivity index (χ1) is 5.79. The molecule has 0 aliphatic heterocycles. The van der Waals surface area contributed by atoms with Gasteiger partial charge < -0.3 is 14.8 Å². The summed E-state index contributed by atoms with van der Waals surface area (Å²) in [6.45, 7) is 3.34. The van der Waals surface area contributed by atoms with Crippen LogP contribution in [0, 0.1) is 0 Å². The molecular formula is C9H15NO2. The molecule has 1 rings (SSSR count). The molecule has 1 heterocycles. The Balaban J connectivity index is 2.04. The van der Waals surface area contributed by atoms with Crippen LogP contribution in [-0.2, 0) is 6.54 Å². The molecule has 0 fully saturated rings. The van der Waals surface area contributed by atoms with Gasteiger partial charge in [-0.3, -0.25) is 0 Å². The van der Waals surface area contributed by atoms with Crippen LogP contribution in [0.2, 0.25) is 0 Å². The Morgan fingerprint density at radius 3 is 3.08 bits per heavy atom. The Morgan fingerprint density at radius 2 is 2.50 bits per heavy atom. The molecular weight excluding hydrogens is 154 g/mol. The average molecular weight is 169 g/mol. The zero-order valence-corrected chi connectivity index (χ0v) is 7.29. The smallest absolute Gasteiger partial charge is 0.117 e. The third-order valence-electron chi connectivity index (χ3n) is 1.62. The van der Waals surface area contributed by atoms with Crippen LogP contribution in [-0.4, -0.2) is 17.8 Å². The summed E-state index contributed by atoms with van der Waals surface area (Å²) in [5.41, 5.74) is 0. The molecule has 0 amide bonds. The number of nitrogens with one attached hydrogen (secondary N) is 1. The van der Waals surface area contributed by atoms with E-state index in [0.29, 0.717) is 0 Å². The molecule has 1 aromatic heterocycles. The van der Waals surface area contributed by atoms with Crippen LogP contribution >= 0.6 is 0 Å². The molecule has 0 aliphatic rings. The number of aliphatic hydroxyl groups is 1. The van der Waals surface area contributed by atoms with Crippen molar-refractivity contribution in [2.24, 2.45) is 0 Å². The molecule has 68 valence electrons. The average Bonchev–Trinajstić information content (AvgIpc) is 2.49. The predicted octanol–water partition coefficient (Wildman–Crippen LogP) is 1.14. The van der Waals surface area contributed by atoms with Gasteiger partial charge in [0.05, 0.1) is 18.9 Å². The van der Waals surface area contributed by atoms with Crippen molar-refractivity contribution < 1.29 is 9.52 Å². The lowest BCUT2D eigenvalue weighted by molar-refractivity contribution is 0.183. The molecule has 0 saturated heterocycles. The molecule has 12 heavy (non-hydrogen) atoms. The summed E-state index contributed by atoms with van der Waals surface area (Å²) in [6.07, 6.45) is 2.21. The van der Waals surface area contributed by atoms with Crippen molar-refractivity contribution in [3.63, 3.8) is 0 Å². The Kier molecular flexibility index (Phi) is 3.84. The lowest BCUT2D eigenvalue weighted by atomic mass is 10.3. The van der Waals surface area contributed by atoms with Gasteiger partial charge in [0.2, 0.25) is 0 Å². The molecule has 0 aliphatic carbocycles. The van der Waals surface area contributed by atoms with E-state index in [9.17, 15) is 0 Å². The summed E-state index contributed by atoms with van der Waals surface area (Å²) in [7, 11) is 0. The fraction of sp³-hybridized carbons (Fsp3) is 0.556. The van der Waals surface area contributed by atoms with E-state index in [1.54, 1.807) is 13.2 Å². The highest BCUT2D eigenvalue weighted by atomic mass is 16.3. The molecule has 3 nitrogen and oxygen atoms in total. The fourth-order valence-electron chi connectivity index (χ4n) is 0.936. The summed E-state index contributed by atoms with van der Waals surface area (Å²) in [5.74, 6) is 0.931. The molecule has 0 spiro atoms. The van der Waals surface area contributed by atoms with Crippen LogP contribution in [0.4, 0.5) is 0 Å². The highest BCUT2D eigenvalue weighted by Crippen LogP contribution is 1.98. The van der Waals surface area contributed by atoms with Crippen LogP contribution in [0.5, 0.6) is 0 Å². The molecule has 0 saturated carbocycles. The first kappa shape index (κ1) is 9.29. The molecule has 0 radical (unpaired) electrons. The summed E-state index contributed by atoms with van der Waals surface area (Å²) in [5, 5.41) is 12.1. The third-order valence-corrected chi connectivity index (χ3v) is 1.62. The maximum Gasteiger partial charge on any atom is 0.117 e. The highest BCUT2D eigenvalue weighted by Gasteiger charge is 1.96. The third kappa shape index (κ3) is 3.55. The first-order valence-corrected chi connectivity index (χ1v) is 4.20. The lowest BCUT2D eigenvalue weighted by Gasteiger charge is -2.04. The fourth-order valence-corrected chi connectivity index (χ4v) is 0.936. The van der Waals surface area contributed by atoms with E-state index in [1.165, 1.54) is 0 Å². The molecule has 1 aromatic rings. The number of hydrogen-bond donors (Lipinski definition) is 2. The molecule has 2 N–H and O–H groups in total. The van der Waals surface area contributed by atoms with Gasteiger partial charge in [-0.25, -0.2) is 0 Å². The minimum absolute atomic E-state index is 0.228.